The molecule has 0 bridgehead atoms. The number of benzene rings is 1. The Bertz CT molecular complexity index is 643. The lowest BCUT2D eigenvalue weighted by atomic mass is 10.1. The minimum atomic E-state index is 0.574. The van der Waals surface area contributed by atoms with Crippen molar-refractivity contribution in [2.24, 2.45) is 4.99 Å². The number of pyridine rings is 1. The summed E-state index contributed by atoms with van der Waals surface area (Å²) in [5.74, 6) is 0. The average Bonchev–Trinajstić information content (AvgIpc) is 2.38. The van der Waals surface area contributed by atoms with Crippen LogP contribution in [0.5, 0.6) is 0 Å². The first-order chi connectivity index (χ1) is 8.74. The molecule has 5 heteroatoms. The maximum absolute atomic E-state index is 8.59. The summed E-state index contributed by atoms with van der Waals surface area (Å²) in [6.07, 6.45) is 5.52. The number of aliphatic imine (C=N–C) groups is 1. The minimum Gasteiger partial charge on any atom is -0.271 e. The highest BCUT2D eigenvalue weighted by atomic mass is 32.2. The quantitative estimate of drug-likeness (QED) is 0.369. The van der Waals surface area contributed by atoms with E-state index in [1.807, 2.05) is 36.7 Å². The fourth-order valence-electron chi connectivity index (χ4n) is 1.64. The summed E-state index contributed by atoms with van der Waals surface area (Å²) >= 11 is 1.39. The van der Waals surface area contributed by atoms with Gasteiger partial charge in [0.2, 0.25) is 0 Å². The summed E-state index contributed by atoms with van der Waals surface area (Å²) in [5, 5.41) is 12.8. The van der Waals surface area contributed by atoms with Crippen LogP contribution in [0.2, 0.25) is 0 Å². The predicted molar refractivity (Wildman–Crippen MR) is 75.8 cm³/mol. The van der Waals surface area contributed by atoms with Crippen molar-refractivity contribution in [2.45, 2.75) is 6.92 Å². The molecule has 2 aromatic rings. The molecule has 18 heavy (non-hydrogen) atoms. The molecule has 1 aromatic heterocycles. The zero-order valence-corrected chi connectivity index (χ0v) is 11.0. The zero-order chi connectivity index (χ0) is 13.0. The van der Waals surface area contributed by atoms with Crippen molar-refractivity contribution in [2.75, 3.05) is 6.26 Å². The normalized spacial score (nSPS) is 11.3. The molecule has 0 saturated carbocycles. The highest BCUT2D eigenvalue weighted by molar-refractivity contribution is 8.13. The summed E-state index contributed by atoms with van der Waals surface area (Å²) in [4.78, 5) is 8.67. The molecule has 0 amide bonds. The molecule has 0 atom stereocenters. The van der Waals surface area contributed by atoms with Crippen LogP contribution < -0.4 is 5.32 Å². The summed E-state index contributed by atoms with van der Waals surface area (Å²) in [6, 6.07) is 7.82. The third-order valence-corrected chi connectivity index (χ3v) is 3.11. The number of hydrogen-bond acceptors (Lipinski definition) is 4. The molecule has 2 rings (SSSR count). The molecule has 90 valence electrons. The molecule has 0 radical (unpaired) electrons. The maximum atomic E-state index is 8.59. The highest BCUT2D eigenvalue weighted by Crippen LogP contribution is 2.22. The first-order valence-electron chi connectivity index (χ1n) is 5.38. The molecular formula is C13H12N4S. The molecule has 1 N–H and O–H groups in total. The van der Waals surface area contributed by atoms with Gasteiger partial charge in [0.05, 0.1) is 11.2 Å². The van der Waals surface area contributed by atoms with Gasteiger partial charge in [-0.1, -0.05) is 17.8 Å². The fraction of sp³-hybridized carbons (Fsp3) is 0.154. The largest absolute Gasteiger partial charge is 0.271 e. The molecule has 1 aromatic carbocycles. The third kappa shape index (κ3) is 2.60. The molecule has 1 heterocycles. The van der Waals surface area contributed by atoms with Gasteiger partial charge in [0.25, 0.3) is 0 Å². The van der Waals surface area contributed by atoms with Crippen LogP contribution in [0.1, 0.15) is 5.56 Å². The lowest BCUT2D eigenvalue weighted by Crippen LogP contribution is -2.12. The smallest absolute Gasteiger partial charge is 0.183 e. The van der Waals surface area contributed by atoms with Crippen molar-refractivity contribution in [3.63, 3.8) is 0 Å². The lowest BCUT2D eigenvalue weighted by molar-refractivity contribution is 1.28. The zero-order valence-electron chi connectivity index (χ0n) is 10.1. The SMILES string of the molecule is CSC(=Nc1ccc2c(C)ccnc2c1)NC#N. The van der Waals surface area contributed by atoms with Crippen LogP contribution in [0, 0.1) is 18.4 Å². The van der Waals surface area contributed by atoms with Crippen molar-refractivity contribution in [1.29, 1.82) is 5.26 Å². The first kappa shape index (κ1) is 12.4. The topological polar surface area (TPSA) is 61.1 Å². The predicted octanol–water partition coefficient (Wildman–Crippen LogP) is 2.96. The highest BCUT2D eigenvalue weighted by Gasteiger charge is 2.01. The number of nitrogens with one attached hydrogen (secondary N) is 1. The summed E-state index contributed by atoms with van der Waals surface area (Å²) in [5.41, 5.74) is 2.89. The Morgan fingerprint density at radius 3 is 3.00 bits per heavy atom. The van der Waals surface area contributed by atoms with Gasteiger partial charge < -0.3 is 0 Å². The summed E-state index contributed by atoms with van der Waals surface area (Å²) in [6.45, 7) is 2.05. The fourth-order valence-corrected chi connectivity index (χ4v) is 1.98. The van der Waals surface area contributed by atoms with E-state index in [2.05, 4.69) is 22.2 Å². The second-order valence-corrected chi connectivity index (χ2v) is 4.48. The van der Waals surface area contributed by atoms with E-state index in [1.165, 1.54) is 17.3 Å². The monoisotopic (exact) mass is 256 g/mol. The Morgan fingerprint density at radius 1 is 1.44 bits per heavy atom. The van der Waals surface area contributed by atoms with E-state index in [1.54, 1.807) is 6.20 Å². The summed E-state index contributed by atoms with van der Waals surface area (Å²) in [7, 11) is 0. The number of nitriles is 1. The van der Waals surface area contributed by atoms with Crippen molar-refractivity contribution < 1.29 is 0 Å². The van der Waals surface area contributed by atoms with Crippen LogP contribution in [0.25, 0.3) is 10.9 Å². The Labute approximate surface area is 110 Å². The van der Waals surface area contributed by atoms with Crippen LogP contribution in [0.15, 0.2) is 35.5 Å². The van der Waals surface area contributed by atoms with Gasteiger partial charge in [-0.3, -0.25) is 10.3 Å². The number of aryl methyl sites for hydroxylation is 1. The number of hydrogen-bond donors (Lipinski definition) is 1. The van der Waals surface area contributed by atoms with Gasteiger partial charge in [-0.05, 0) is 36.9 Å². The van der Waals surface area contributed by atoms with Gasteiger partial charge in [-0.15, -0.1) is 0 Å². The van der Waals surface area contributed by atoms with E-state index in [0.717, 1.165) is 16.6 Å². The number of fused-ring (bicyclic) bond motifs is 1. The second-order valence-electron chi connectivity index (χ2n) is 3.69. The van der Waals surface area contributed by atoms with E-state index in [-0.39, 0.29) is 0 Å². The number of thioether (sulfide) groups is 1. The Hall–Kier alpha value is -2.06. The number of rotatable bonds is 1. The molecule has 0 saturated heterocycles. The van der Waals surface area contributed by atoms with E-state index >= 15 is 0 Å². The van der Waals surface area contributed by atoms with E-state index in [9.17, 15) is 0 Å². The van der Waals surface area contributed by atoms with E-state index in [0.29, 0.717) is 5.17 Å². The van der Waals surface area contributed by atoms with Gasteiger partial charge >= 0.3 is 0 Å². The van der Waals surface area contributed by atoms with Crippen LogP contribution in [-0.4, -0.2) is 16.4 Å². The number of aromatic nitrogens is 1. The van der Waals surface area contributed by atoms with Crippen LogP contribution in [0.3, 0.4) is 0 Å². The number of amidine groups is 1. The molecule has 4 nitrogen and oxygen atoms in total. The van der Waals surface area contributed by atoms with E-state index < -0.39 is 0 Å². The third-order valence-electron chi connectivity index (χ3n) is 2.53. The molecule has 0 unspecified atom stereocenters. The van der Waals surface area contributed by atoms with Crippen LogP contribution in [0.4, 0.5) is 5.69 Å². The van der Waals surface area contributed by atoms with Gasteiger partial charge in [0.1, 0.15) is 0 Å². The molecule has 0 aliphatic rings. The van der Waals surface area contributed by atoms with Gasteiger partial charge in [0.15, 0.2) is 11.4 Å². The lowest BCUT2D eigenvalue weighted by Gasteiger charge is -2.03. The van der Waals surface area contributed by atoms with Gasteiger partial charge in [-0.25, -0.2) is 4.99 Å². The summed E-state index contributed by atoms with van der Waals surface area (Å²) < 4.78 is 0. The van der Waals surface area contributed by atoms with Gasteiger partial charge in [-0.2, -0.15) is 5.26 Å². The molecular weight excluding hydrogens is 244 g/mol. The average molecular weight is 256 g/mol. The standard InChI is InChI=1S/C13H12N4S/c1-9-5-6-15-12-7-10(3-4-11(9)12)17-13(18-2)16-8-14/h3-7H,1-2H3,(H,16,17). The first-order valence-corrected chi connectivity index (χ1v) is 6.60. The van der Waals surface area contributed by atoms with Crippen molar-refractivity contribution in [3.05, 3.63) is 36.0 Å². The Kier molecular flexibility index (Phi) is 3.80. The molecule has 0 aliphatic heterocycles. The second kappa shape index (κ2) is 5.52. The van der Waals surface area contributed by atoms with Crippen LogP contribution in [-0.2, 0) is 0 Å². The Morgan fingerprint density at radius 2 is 2.28 bits per heavy atom. The molecule has 0 fully saturated rings. The molecule has 0 spiro atoms. The maximum Gasteiger partial charge on any atom is 0.183 e. The van der Waals surface area contributed by atoms with Crippen molar-refractivity contribution in [3.8, 4) is 6.19 Å². The van der Waals surface area contributed by atoms with Crippen LogP contribution >= 0.6 is 11.8 Å². The van der Waals surface area contributed by atoms with Crippen molar-refractivity contribution in [1.82, 2.24) is 10.3 Å². The van der Waals surface area contributed by atoms with Gasteiger partial charge in [0, 0.05) is 11.6 Å². The van der Waals surface area contributed by atoms with Crippen molar-refractivity contribution >= 4 is 33.5 Å². The molecule has 0 aliphatic carbocycles. The van der Waals surface area contributed by atoms with E-state index in [4.69, 9.17) is 5.26 Å². The minimum absolute atomic E-state index is 0.574. The Balaban J connectivity index is 2.45. The number of nitrogens with zero attached hydrogens (tertiary/aromatic N) is 3.